The highest BCUT2D eigenvalue weighted by atomic mass is 35.5. The predicted molar refractivity (Wildman–Crippen MR) is 172 cm³/mol. The summed E-state index contributed by atoms with van der Waals surface area (Å²) in [4.78, 5) is 31.8. The average Bonchev–Trinajstić information content (AvgIpc) is 3.75. The first-order valence-corrected chi connectivity index (χ1v) is 15.5. The average molecular weight is 659 g/mol. The molecular formula is C31H34Cl2FN7O4. The highest BCUT2D eigenvalue weighted by Gasteiger charge is 2.33. The van der Waals surface area contributed by atoms with Crippen LogP contribution in [-0.2, 0) is 14.4 Å². The Balaban J connectivity index is 1.27. The number of hydroxylamine groups is 1. The second-order valence-electron chi connectivity index (χ2n) is 10.9. The molecule has 0 radical (unpaired) electrons. The predicted octanol–water partition coefficient (Wildman–Crippen LogP) is 5.59. The Labute approximate surface area is 270 Å². The van der Waals surface area contributed by atoms with Crippen LogP contribution in [0.2, 0.25) is 10.0 Å². The van der Waals surface area contributed by atoms with Crippen LogP contribution < -0.4 is 25.3 Å². The number of hydrogen-bond acceptors (Lipinski definition) is 10. The summed E-state index contributed by atoms with van der Waals surface area (Å²) in [5, 5.41) is 7.80. The number of rotatable bonds is 9. The summed E-state index contributed by atoms with van der Waals surface area (Å²) in [6.07, 6.45) is 4.15. The van der Waals surface area contributed by atoms with E-state index in [9.17, 15) is 4.79 Å². The monoisotopic (exact) mass is 657 g/mol. The Morgan fingerprint density at radius 1 is 1.11 bits per heavy atom. The third kappa shape index (κ3) is 6.66. The molecule has 14 heteroatoms. The molecule has 238 valence electrons. The first-order valence-electron chi connectivity index (χ1n) is 14.7. The molecule has 2 N–H and O–H groups in total. The van der Waals surface area contributed by atoms with Crippen molar-refractivity contribution in [1.82, 2.24) is 14.9 Å². The van der Waals surface area contributed by atoms with E-state index in [2.05, 4.69) is 37.0 Å². The van der Waals surface area contributed by atoms with Gasteiger partial charge in [0.1, 0.15) is 23.7 Å². The SMILES string of the molecule is C=CC(=O)Nc1cc(Nc2cc(N3OCCC3c3ccc(Cl)c(Cl)c3F)ncn2)c(OC)cc1N1CCC(N2CCOCC2)C1. The molecule has 3 saturated heterocycles. The van der Waals surface area contributed by atoms with Gasteiger partial charge < -0.3 is 25.0 Å². The van der Waals surface area contributed by atoms with E-state index in [1.54, 1.807) is 30.4 Å². The van der Waals surface area contributed by atoms with Gasteiger partial charge in [-0.15, -0.1) is 0 Å². The first-order chi connectivity index (χ1) is 21.9. The zero-order valence-electron chi connectivity index (χ0n) is 24.8. The minimum atomic E-state index is -0.592. The number of benzene rings is 2. The number of morpholine rings is 1. The molecule has 3 aliphatic heterocycles. The molecule has 0 aliphatic carbocycles. The van der Waals surface area contributed by atoms with Crippen molar-refractivity contribution in [1.29, 1.82) is 0 Å². The third-order valence-corrected chi connectivity index (χ3v) is 9.08. The Kier molecular flexibility index (Phi) is 9.57. The summed E-state index contributed by atoms with van der Waals surface area (Å²) >= 11 is 12.1. The molecule has 2 unspecified atom stereocenters. The second-order valence-corrected chi connectivity index (χ2v) is 11.7. The summed E-state index contributed by atoms with van der Waals surface area (Å²) in [7, 11) is 1.59. The highest BCUT2D eigenvalue weighted by Crippen LogP contribution is 2.42. The lowest BCUT2D eigenvalue weighted by Gasteiger charge is -2.32. The van der Waals surface area contributed by atoms with Crippen LogP contribution in [0.1, 0.15) is 24.4 Å². The van der Waals surface area contributed by atoms with Crippen molar-refractivity contribution in [2.45, 2.75) is 24.9 Å². The lowest BCUT2D eigenvalue weighted by molar-refractivity contribution is -0.111. The second kappa shape index (κ2) is 13.8. The number of ether oxygens (including phenoxy) is 2. The Bertz CT molecular complexity index is 1580. The summed E-state index contributed by atoms with van der Waals surface area (Å²) in [5.41, 5.74) is 2.39. The maximum Gasteiger partial charge on any atom is 0.247 e. The number of aromatic nitrogens is 2. The Morgan fingerprint density at radius 2 is 1.93 bits per heavy atom. The zero-order valence-corrected chi connectivity index (χ0v) is 26.3. The van der Waals surface area contributed by atoms with Gasteiger partial charge in [-0.1, -0.05) is 35.8 Å². The van der Waals surface area contributed by atoms with E-state index in [0.717, 1.165) is 51.5 Å². The fourth-order valence-corrected chi connectivity index (χ4v) is 6.35. The number of nitrogens with zero attached hydrogens (tertiary/aromatic N) is 5. The van der Waals surface area contributed by atoms with Crippen LogP contribution in [0.25, 0.3) is 0 Å². The highest BCUT2D eigenvalue weighted by molar-refractivity contribution is 6.42. The van der Waals surface area contributed by atoms with Gasteiger partial charge >= 0.3 is 0 Å². The number of carbonyl (C=O) groups is 1. The summed E-state index contributed by atoms with van der Waals surface area (Å²) in [5.74, 6) is 0.495. The van der Waals surface area contributed by atoms with Crippen molar-refractivity contribution < 1.29 is 23.5 Å². The molecule has 0 bridgehead atoms. The molecular weight excluding hydrogens is 624 g/mol. The van der Waals surface area contributed by atoms with Crippen LogP contribution in [0, 0.1) is 5.82 Å². The van der Waals surface area contributed by atoms with Crippen LogP contribution in [-0.4, -0.2) is 79.9 Å². The number of methoxy groups -OCH3 is 1. The molecule has 11 nitrogen and oxygen atoms in total. The minimum absolute atomic E-state index is 0.133. The first kappa shape index (κ1) is 31.3. The van der Waals surface area contributed by atoms with Crippen LogP contribution in [0.15, 0.2) is 49.3 Å². The summed E-state index contributed by atoms with van der Waals surface area (Å²) in [6.45, 7) is 8.94. The zero-order chi connectivity index (χ0) is 31.5. The van der Waals surface area contributed by atoms with E-state index in [1.165, 1.54) is 12.4 Å². The molecule has 2 atom stereocenters. The lowest BCUT2D eigenvalue weighted by atomic mass is 10.0. The van der Waals surface area contributed by atoms with Gasteiger partial charge in [-0.3, -0.25) is 14.5 Å². The fraction of sp³-hybridized carbons (Fsp3) is 0.387. The van der Waals surface area contributed by atoms with Crippen LogP contribution in [0.4, 0.5) is 33.1 Å². The molecule has 4 heterocycles. The van der Waals surface area contributed by atoms with Gasteiger partial charge in [0.25, 0.3) is 0 Å². The van der Waals surface area contributed by atoms with E-state index in [-0.39, 0.29) is 16.0 Å². The van der Waals surface area contributed by atoms with Crippen molar-refractivity contribution in [2.24, 2.45) is 0 Å². The number of halogens is 3. The van der Waals surface area contributed by atoms with E-state index < -0.39 is 11.9 Å². The fourth-order valence-electron chi connectivity index (χ4n) is 6.03. The van der Waals surface area contributed by atoms with Gasteiger partial charge in [-0.25, -0.2) is 19.4 Å². The molecule has 3 aromatic rings. The van der Waals surface area contributed by atoms with Gasteiger partial charge in [0.15, 0.2) is 5.82 Å². The molecule has 0 spiro atoms. The van der Waals surface area contributed by atoms with Gasteiger partial charge in [0, 0.05) is 56.3 Å². The van der Waals surface area contributed by atoms with Crippen molar-refractivity contribution in [3.8, 4) is 5.75 Å². The van der Waals surface area contributed by atoms with Gasteiger partial charge in [0.2, 0.25) is 5.91 Å². The largest absolute Gasteiger partial charge is 0.494 e. The topological polar surface area (TPSA) is 104 Å². The van der Waals surface area contributed by atoms with E-state index in [1.807, 2.05) is 12.1 Å². The van der Waals surface area contributed by atoms with Crippen molar-refractivity contribution in [3.05, 3.63) is 70.7 Å². The molecule has 2 aromatic carbocycles. The maximum atomic E-state index is 15.1. The number of carbonyl (C=O) groups excluding carboxylic acids is 1. The normalized spacial score (nSPS) is 20.4. The van der Waals surface area contributed by atoms with Crippen molar-refractivity contribution >= 4 is 57.8 Å². The van der Waals surface area contributed by atoms with Crippen LogP contribution in [0.3, 0.4) is 0 Å². The molecule has 45 heavy (non-hydrogen) atoms. The minimum Gasteiger partial charge on any atom is -0.494 e. The third-order valence-electron chi connectivity index (χ3n) is 8.30. The van der Waals surface area contributed by atoms with Crippen molar-refractivity contribution in [2.75, 3.05) is 73.7 Å². The lowest BCUT2D eigenvalue weighted by Crippen LogP contribution is -2.44. The van der Waals surface area contributed by atoms with Crippen LogP contribution >= 0.6 is 23.2 Å². The van der Waals surface area contributed by atoms with E-state index in [4.69, 9.17) is 37.5 Å². The number of amides is 1. The standard InChI is InChI=1S/C31H34Cl2FN7O4/c1-3-29(42)38-22-14-23(26(43-2)15-25(22)40-8-6-19(17-40)39-9-12-44-13-10-39)37-27-16-28(36-18-35-27)41-24(7-11-45-41)20-4-5-21(32)30(33)31(20)34/h3-5,14-16,18-19,24H,1,6-13,17H2,2H3,(H,38,42)(H,35,36,37). The van der Waals surface area contributed by atoms with Crippen LogP contribution in [0.5, 0.6) is 5.75 Å². The molecule has 3 aliphatic rings. The summed E-state index contributed by atoms with van der Waals surface area (Å²) in [6, 6.07) is 8.52. The quantitative estimate of drug-likeness (QED) is 0.223. The molecule has 3 fully saturated rings. The van der Waals surface area contributed by atoms with Gasteiger partial charge in [-0.05, 0) is 24.6 Å². The van der Waals surface area contributed by atoms with Gasteiger partial charge in [-0.2, -0.15) is 0 Å². The Morgan fingerprint density at radius 3 is 2.71 bits per heavy atom. The Hall–Kier alpha value is -3.68. The molecule has 6 rings (SSSR count). The van der Waals surface area contributed by atoms with E-state index in [0.29, 0.717) is 53.4 Å². The van der Waals surface area contributed by atoms with Gasteiger partial charge in [0.05, 0.1) is 60.1 Å². The van der Waals surface area contributed by atoms with E-state index >= 15 is 4.39 Å². The molecule has 1 aromatic heterocycles. The molecule has 1 amide bonds. The number of hydrogen-bond donors (Lipinski definition) is 2. The number of anilines is 5. The van der Waals surface area contributed by atoms with Crippen molar-refractivity contribution in [3.63, 3.8) is 0 Å². The smallest absolute Gasteiger partial charge is 0.247 e. The summed E-state index contributed by atoms with van der Waals surface area (Å²) < 4.78 is 26.4. The maximum absolute atomic E-state index is 15.1. The number of nitrogens with one attached hydrogen (secondary N) is 2. The molecule has 0 saturated carbocycles.